The molecule has 0 radical (unpaired) electrons. The lowest BCUT2D eigenvalue weighted by molar-refractivity contribution is -0.154. The van der Waals surface area contributed by atoms with Crippen LogP contribution in [0.1, 0.15) is 18.4 Å². The van der Waals surface area contributed by atoms with Crippen molar-refractivity contribution in [3.8, 4) is 0 Å². The highest BCUT2D eigenvalue weighted by molar-refractivity contribution is 9.12. The van der Waals surface area contributed by atoms with E-state index in [1.807, 2.05) is 6.92 Å². The van der Waals surface area contributed by atoms with Gasteiger partial charge in [-0.15, -0.1) is 0 Å². The molecule has 0 spiro atoms. The second-order valence-corrected chi connectivity index (χ2v) is 9.91. The second-order valence-electron chi connectivity index (χ2n) is 7.15. The number of benzene rings is 1. The highest BCUT2D eigenvalue weighted by Gasteiger charge is 2.52. The van der Waals surface area contributed by atoms with Crippen molar-refractivity contribution in [1.29, 1.82) is 0 Å². The lowest BCUT2D eigenvalue weighted by Gasteiger charge is -2.29. The van der Waals surface area contributed by atoms with E-state index in [2.05, 4.69) is 37.2 Å². The summed E-state index contributed by atoms with van der Waals surface area (Å²) in [6, 6.07) is 5.02. The van der Waals surface area contributed by atoms with Gasteiger partial charge in [-0.05, 0) is 37.5 Å². The van der Waals surface area contributed by atoms with E-state index in [9.17, 15) is 19.2 Å². The van der Waals surface area contributed by atoms with Gasteiger partial charge in [-0.25, -0.2) is 0 Å². The third kappa shape index (κ3) is 5.00. The minimum absolute atomic E-state index is 0.0892. The van der Waals surface area contributed by atoms with Crippen molar-refractivity contribution in [2.75, 3.05) is 18.5 Å². The summed E-state index contributed by atoms with van der Waals surface area (Å²) < 4.78 is 4.94. The molecule has 1 aromatic carbocycles. The van der Waals surface area contributed by atoms with Crippen molar-refractivity contribution in [1.82, 2.24) is 4.90 Å². The number of esters is 1. The van der Waals surface area contributed by atoms with E-state index in [0.717, 1.165) is 10.5 Å². The highest BCUT2D eigenvalue weighted by atomic mass is 79.9. The summed E-state index contributed by atoms with van der Waals surface area (Å²) in [4.78, 5) is 50.3. The van der Waals surface area contributed by atoms with Crippen LogP contribution in [0.2, 0.25) is 5.02 Å². The van der Waals surface area contributed by atoms with Crippen LogP contribution in [0.15, 0.2) is 18.2 Å². The van der Waals surface area contributed by atoms with E-state index in [4.69, 9.17) is 16.3 Å². The summed E-state index contributed by atoms with van der Waals surface area (Å²) in [6.45, 7) is 0.817. The lowest BCUT2D eigenvalue weighted by atomic mass is 9.81. The zero-order valence-corrected chi connectivity index (χ0v) is 19.4. The zero-order chi connectivity index (χ0) is 21.3. The molecule has 1 N–H and O–H groups in total. The topological polar surface area (TPSA) is 92.8 Å². The van der Waals surface area contributed by atoms with Crippen LogP contribution in [0, 0.1) is 18.8 Å². The van der Waals surface area contributed by atoms with E-state index in [1.165, 1.54) is 0 Å². The first-order chi connectivity index (χ1) is 13.7. The molecule has 2 fully saturated rings. The molecule has 1 saturated carbocycles. The number of hydrogen-bond donors (Lipinski definition) is 1. The maximum Gasteiger partial charge on any atom is 0.326 e. The van der Waals surface area contributed by atoms with Gasteiger partial charge in [0.05, 0.1) is 11.8 Å². The summed E-state index contributed by atoms with van der Waals surface area (Å²) in [7, 11) is 0. The molecular formula is C19H19Br2ClN2O5. The van der Waals surface area contributed by atoms with Gasteiger partial charge in [-0.1, -0.05) is 49.5 Å². The molecule has 10 heteroatoms. The largest absolute Gasteiger partial charge is 0.454 e. The summed E-state index contributed by atoms with van der Waals surface area (Å²) in [5, 5.41) is 3.07. The number of anilines is 1. The minimum atomic E-state index is -0.812. The highest BCUT2D eigenvalue weighted by Crippen LogP contribution is 2.43. The summed E-state index contributed by atoms with van der Waals surface area (Å²) >= 11 is 13.0. The molecule has 0 unspecified atom stereocenters. The number of rotatable bonds is 5. The molecule has 29 heavy (non-hydrogen) atoms. The fourth-order valence-electron chi connectivity index (χ4n) is 3.51. The van der Waals surface area contributed by atoms with Gasteiger partial charge in [0, 0.05) is 20.4 Å². The number of ether oxygens (including phenoxy) is 1. The summed E-state index contributed by atoms with van der Waals surface area (Å²) in [5.74, 6) is -2.94. The van der Waals surface area contributed by atoms with Gasteiger partial charge in [-0.3, -0.25) is 24.1 Å². The van der Waals surface area contributed by atoms with Crippen LogP contribution < -0.4 is 5.32 Å². The van der Waals surface area contributed by atoms with Crippen molar-refractivity contribution in [2.24, 2.45) is 11.8 Å². The lowest BCUT2D eigenvalue weighted by Crippen LogP contribution is -2.37. The van der Waals surface area contributed by atoms with Crippen molar-refractivity contribution < 1.29 is 23.9 Å². The number of carbonyl (C=O) groups excluding carboxylic acids is 4. The molecule has 1 saturated heterocycles. The quantitative estimate of drug-likeness (QED) is 0.346. The number of amides is 3. The molecule has 3 amide bonds. The molecule has 3 rings (SSSR count). The Balaban J connectivity index is 1.51. The van der Waals surface area contributed by atoms with Gasteiger partial charge in [-0.2, -0.15) is 0 Å². The molecular weight excluding hydrogens is 531 g/mol. The maximum atomic E-state index is 12.5. The average molecular weight is 551 g/mol. The first-order valence-electron chi connectivity index (χ1n) is 9.02. The monoisotopic (exact) mass is 548 g/mol. The van der Waals surface area contributed by atoms with E-state index in [-0.39, 0.29) is 21.5 Å². The molecule has 0 bridgehead atoms. The zero-order valence-electron chi connectivity index (χ0n) is 15.5. The molecule has 4 atom stereocenters. The average Bonchev–Trinajstić information content (AvgIpc) is 2.88. The van der Waals surface area contributed by atoms with Crippen LogP contribution in [0.25, 0.3) is 0 Å². The number of halogens is 3. The molecule has 7 nitrogen and oxygen atoms in total. The minimum Gasteiger partial charge on any atom is -0.454 e. The van der Waals surface area contributed by atoms with Crippen LogP contribution >= 0.6 is 43.5 Å². The number of nitrogens with one attached hydrogen (secondary N) is 1. The summed E-state index contributed by atoms with van der Waals surface area (Å²) in [6.07, 6.45) is 1.05. The fraction of sp³-hybridized carbons (Fsp3) is 0.474. The van der Waals surface area contributed by atoms with Crippen molar-refractivity contribution in [3.63, 3.8) is 0 Å². The maximum absolute atomic E-state index is 12.5. The third-order valence-electron chi connectivity index (χ3n) is 5.11. The number of aryl methyl sites for hydroxylation is 1. The number of imide groups is 1. The van der Waals surface area contributed by atoms with Crippen molar-refractivity contribution >= 4 is 72.8 Å². The Hall–Kier alpha value is -1.45. The predicted molar refractivity (Wildman–Crippen MR) is 114 cm³/mol. The Kier molecular flexibility index (Phi) is 7.01. The molecule has 1 aromatic rings. The van der Waals surface area contributed by atoms with Crippen LogP contribution in [0.3, 0.4) is 0 Å². The first-order valence-corrected chi connectivity index (χ1v) is 11.2. The molecule has 1 aliphatic carbocycles. The normalized spacial score (nSPS) is 26.3. The third-order valence-corrected chi connectivity index (χ3v) is 8.25. The van der Waals surface area contributed by atoms with Gasteiger partial charge in [0.2, 0.25) is 11.8 Å². The van der Waals surface area contributed by atoms with Gasteiger partial charge in [0.15, 0.2) is 6.61 Å². The van der Waals surface area contributed by atoms with Gasteiger partial charge < -0.3 is 10.1 Å². The number of hydrogen-bond acceptors (Lipinski definition) is 5. The molecule has 1 heterocycles. The summed E-state index contributed by atoms with van der Waals surface area (Å²) in [5.41, 5.74) is 1.35. The van der Waals surface area contributed by atoms with Gasteiger partial charge in [0.25, 0.3) is 5.91 Å². The fourth-order valence-corrected chi connectivity index (χ4v) is 4.93. The molecule has 2 aliphatic rings. The SMILES string of the molecule is Cc1ccc(NC(=O)COC(=O)CN2C(=O)[C@H]3C[C@H](Br)[C@@H](Br)C[C@H]3C2=O)cc1Cl. The number of alkyl halides is 2. The van der Waals surface area contributed by atoms with Crippen LogP contribution in [-0.4, -0.2) is 51.4 Å². The van der Waals surface area contributed by atoms with E-state index in [1.54, 1.807) is 18.2 Å². The number of likely N-dealkylation sites (tertiary alicyclic amines) is 1. The van der Waals surface area contributed by atoms with E-state index in [0.29, 0.717) is 23.6 Å². The number of nitrogens with zero attached hydrogens (tertiary/aromatic N) is 1. The Morgan fingerprint density at radius 2 is 1.76 bits per heavy atom. The smallest absolute Gasteiger partial charge is 0.326 e. The Bertz CT molecular complexity index is 837. The molecule has 1 aliphatic heterocycles. The number of fused-ring (bicyclic) bond motifs is 1. The Morgan fingerprint density at radius 1 is 1.17 bits per heavy atom. The first kappa shape index (κ1) is 22.2. The Labute approximate surface area is 189 Å². The molecule has 0 aromatic heterocycles. The van der Waals surface area contributed by atoms with Crippen molar-refractivity contribution in [2.45, 2.75) is 29.4 Å². The van der Waals surface area contributed by atoms with Crippen LogP contribution in [0.5, 0.6) is 0 Å². The van der Waals surface area contributed by atoms with Gasteiger partial charge in [0.1, 0.15) is 6.54 Å². The van der Waals surface area contributed by atoms with Crippen LogP contribution in [0.4, 0.5) is 5.69 Å². The predicted octanol–water partition coefficient (Wildman–Crippen LogP) is 3.05. The Morgan fingerprint density at radius 3 is 2.31 bits per heavy atom. The van der Waals surface area contributed by atoms with E-state index < -0.39 is 36.9 Å². The van der Waals surface area contributed by atoms with Crippen LogP contribution in [-0.2, 0) is 23.9 Å². The van der Waals surface area contributed by atoms with E-state index >= 15 is 0 Å². The standard InChI is InChI=1S/C19H19Br2ClN2O5/c1-9-2-3-10(4-15(9)22)23-16(25)8-29-17(26)7-24-18(27)11-5-13(20)14(21)6-12(11)19(24)28/h2-4,11-14H,5-8H2,1H3,(H,23,25)/t11-,12+,13-,14-/m0/s1. The second kappa shape index (κ2) is 9.14. The molecule has 156 valence electrons. The number of carbonyl (C=O) groups is 4. The van der Waals surface area contributed by atoms with Crippen molar-refractivity contribution in [3.05, 3.63) is 28.8 Å². The van der Waals surface area contributed by atoms with Gasteiger partial charge >= 0.3 is 5.97 Å².